The predicted octanol–water partition coefficient (Wildman–Crippen LogP) is 2.32. The van der Waals surface area contributed by atoms with E-state index in [9.17, 15) is 19.8 Å². The van der Waals surface area contributed by atoms with Gasteiger partial charge in [-0.15, -0.1) is 0 Å². The van der Waals surface area contributed by atoms with Crippen molar-refractivity contribution in [1.82, 2.24) is 9.88 Å². The second-order valence-corrected chi connectivity index (χ2v) is 8.10. The van der Waals surface area contributed by atoms with Gasteiger partial charge in [0.05, 0.1) is 12.1 Å². The molecule has 3 heterocycles. The molecule has 26 heavy (non-hydrogen) atoms. The van der Waals surface area contributed by atoms with Crippen LogP contribution in [0.3, 0.4) is 0 Å². The Labute approximate surface area is 150 Å². The van der Waals surface area contributed by atoms with E-state index in [-0.39, 0.29) is 23.2 Å². The molecule has 1 aromatic carbocycles. The number of hydrogen-bond donors (Lipinski definition) is 3. The number of benzene rings is 1. The monoisotopic (exact) mass is 352 g/mol. The lowest BCUT2D eigenvalue weighted by molar-refractivity contribution is -0.133. The average molecular weight is 352 g/mol. The molecule has 6 nitrogen and oxygen atoms in total. The molecule has 6 heteroatoms. The molecule has 3 aliphatic rings. The van der Waals surface area contributed by atoms with Crippen LogP contribution in [-0.2, 0) is 9.59 Å². The summed E-state index contributed by atoms with van der Waals surface area (Å²) in [5.74, 6) is -1.58. The van der Waals surface area contributed by atoms with Crippen LogP contribution in [-0.4, -0.2) is 43.4 Å². The summed E-state index contributed by atoms with van der Waals surface area (Å²) in [6.45, 7) is 5.11. The van der Waals surface area contributed by atoms with Crippen LogP contribution in [0.4, 0.5) is 0 Å². The highest BCUT2D eigenvalue weighted by Gasteiger charge is 2.65. The average Bonchev–Trinajstić information content (AvgIpc) is 3.17. The molecule has 2 aromatic rings. The Morgan fingerprint density at radius 1 is 1.27 bits per heavy atom. The van der Waals surface area contributed by atoms with E-state index in [1.165, 1.54) is 6.92 Å². The van der Waals surface area contributed by atoms with Crippen molar-refractivity contribution in [3.63, 3.8) is 0 Å². The number of amides is 1. The van der Waals surface area contributed by atoms with E-state index in [4.69, 9.17) is 0 Å². The number of carbonyl (C=O) groups is 2. The third-order valence-corrected chi connectivity index (χ3v) is 6.55. The summed E-state index contributed by atoms with van der Waals surface area (Å²) < 4.78 is 0. The number of nitrogens with one attached hydrogen (secondary N) is 1. The lowest BCUT2D eigenvalue weighted by atomic mass is 9.67. The fourth-order valence-corrected chi connectivity index (χ4v) is 5.59. The van der Waals surface area contributed by atoms with Gasteiger partial charge in [0.1, 0.15) is 11.3 Å². The molecule has 1 amide bonds. The molecule has 1 fully saturated rings. The fourth-order valence-electron chi connectivity index (χ4n) is 5.59. The van der Waals surface area contributed by atoms with Gasteiger partial charge in [0.25, 0.3) is 5.91 Å². The molecule has 0 spiro atoms. The number of Topliss-reactive ketones (excluding diaryl/α,β-unsaturated/α-hetero) is 1. The molecule has 0 bridgehead atoms. The summed E-state index contributed by atoms with van der Waals surface area (Å²) in [5, 5.41) is 22.9. The zero-order valence-electron chi connectivity index (χ0n) is 14.8. The number of aliphatic hydroxyl groups is 2. The van der Waals surface area contributed by atoms with Gasteiger partial charge in [0.15, 0.2) is 5.78 Å². The summed E-state index contributed by atoms with van der Waals surface area (Å²) in [6, 6.07) is 5.15. The number of rotatable bonds is 1. The Hall–Kier alpha value is -2.60. The molecule has 0 saturated carbocycles. The third-order valence-electron chi connectivity index (χ3n) is 6.55. The first-order valence-electron chi connectivity index (χ1n) is 8.82. The Morgan fingerprint density at radius 2 is 2.00 bits per heavy atom. The minimum Gasteiger partial charge on any atom is -0.509 e. The molecular weight excluding hydrogens is 332 g/mol. The van der Waals surface area contributed by atoms with Gasteiger partial charge in [-0.25, -0.2) is 0 Å². The van der Waals surface area contributed by atoms with Crippen LogP contribution in [0.1, 0.15) is 43.9 Å². The minimum absolute atomic E-state index is 0.123. The number of aliphatic hydroxyl groups excluding tert-OH is 2. The van der Waals surface area contributed by atoms with Crippen LogP contribution < -0.4 is 0 Å². The lowest BCUT2D eigenvalue weighted by Gasteiger charge is -2.40. The molecule has 0 radical (unpaired) electrons. The first kappa shape index (κ1) is 15.6. The molecule has 1 aliphatic carbocycles. The number of nitrogens with zero attached hydrogens (tertiary/aromatic N) is 1. The van der Waals surface area contributed by atoms with E-state index in [0.717, 1.165) is 22.0 Å². The van der Waals surface area contributed by atoms with Crippen molar-refractivity contribution in [2.75, 3.05) is 0 Å². The number of carbonyl (C=O) groups excluding carboxylic acids is 2. The van der Waals surface area contributed by atoms with Crippen LogP contribution in [0.5, 0.6) is 0 Å². The van der Waals surface area contributed by atoms with Crippen LogP contribution in [0.15, 0.2) is 35.7 Å². The number of H-pyrrole nitrogens is 1. The fraction of sp³-hybridized carbons (Fsp3) is 0.400. The van der Waals surface area contributed by atoms with Crippen molar-refractivity contribution < 1.29 is 19.8 Å². The summed E-state index contributed by atoms with van der Waals surface area (Å²) in [7, 11) is 0. The van der Waals surface area contributed by atoms with Gasteiger partial charge in [-0.05, 0) is 38.0 Å². The van der Waals surface area contributed by atoms with Crippen LogP contribution in [0.2, 0.25) is 0 Å². The number of ketones is 1. The van der Waals surface area contributed by atoms with E-state index in [2.05, 4.69) is 4.98 Å². The topological polar surface area (TPSA) is 93.6 Å². The summed E-state index contributed by atoms with van der Waals surface area (Å²) in [6.07, 6.45) is 1.15. The van der Waals surface area contributed by atoms with Gasteiger partial charge in [-0.2, -0.15) is 0 Å². The largest absolute Gasteiger partial charge is 0.509 e. The number of aromatic amines is 1. The van der Waals surface area contributed by atoms with E-state index in [0.29, 0.717) is 0 Å². The maximum Gasteiger partial charge on any atom is 0.262 e. The zero-order valence-corrected chi connectivity index (χ0v) is 14.8. The molecule has 5 rings (SSSR count). The summed E-state index contributed by atoms with van der Waals surface area (Å²) in [4.78, 5) is 29.7. The van der Waals surface area contributed by atoms with Crippen molar-refractivity contribution in [1.29, 1.82) is 0 Å². The SMILES string of the molecule is CC(=O)C1=C(O)[C@@H]2[C@H]3c4c[nH]c5cccc(c45)[C@@H](O)[C@H]3C(C)(C)N2C1=O. The predicted molar refractivity (Wildman–Crippen MR) is 94.5 cm³/mol. The smallest absolute Gasteiger partial charge is 0.262 e. The highest BCUT2D eigenvalue weighted by atomic mass is 16.3. The van der Waals surface area contributed by atoms with Gasteiger partial charge < -0.3 is 20.1 Å². The first-order valence-corrected chi connectivity index (χ1v) is 8.82. The Bertz CT molecular complexity index is 1030. The Kier molecular flexibility index (Phi) is 2.75. The van der Waals surface area contributed by atoms with Gasteiger partial charge in [-0.3, -0.25) is 9.59 Å². The number of fused-ring (bicyclic) bond motifs is 4. The van der Waals surface area contributed by atoms with E-state index >= 15 is 0 Å². The van der Waals surface area contributed by atoms with Gasteiger partial charge >= 0.3 is 0 Å². The van der Waals surface area contributed by atoms with Crippen molar-refractivity contribution in [3.05, 3.63) is 46.9 Å². The number of hydrogen-bond acceptors (Lipinski definition) is 4. The van der Waals surface area contributed by atoms with Gasteiger partial charge in [-0.1, -0.05) is 12.1 Å². The molecule has 1 saturated heterocycles. The standard InChI is InChI=1S/C20H20N2O4/c1-8(23)12-18(25)16-14-10-7-21-11-6-4-5-9(13(10)11)17(24)15(14)20(2,3)22(16)19(12)26/h4-7,14-17,21,24-25H,1-3H3/t14-,15-,16-,17+/m0/s1. The van der Waals surface area contributed by atoms with Crippen molar-refractivity contribution >= 4 is 22.6 Å². The molecule has 134 valence electrons. The van der Waals surface area contributed by atoms with E-state index in [1.54, 1.807) is 4.90 Å². The normalized spacial score (nSPS) is 31.5. The molecular formula is C20H20N2O4. The van der Waals surface area contributed by atoms with Crippen molar-refractivity contribution in [2.45, 2.75) is 44.4 Å². The molecule has 2 aliphatic heterocycles. The van der Waals surface area contributed by atoms with Crippen LogP contribution >= 0.6 is 0 Å². The lowest BCUT2D eigenvalue weighted by Crippen LogP contribution is -2.48. The summed E-state index contributed by atoms with van der Waals surface area (Å²) in [5.41, 5.74) is 1.91. The van der Waals surface area contributed by atoms with Crippen molar-refractivity contribution in [2.24, 2.45) is 5.92 Å². The Balaban J connectivity index is 1.82. The Morgan fingerprint density at radius 3 is 2.69 bits per heavy atom. The second-order valence-electron chi connectivity index (χ2n) is 8.10. The molecule has 1 aromatic heterocycles. The summed E-state index contributed by atoms with van der Waals surface area (Å²) >= 11 is 0. The van der Waals surface area contributed by atoms with E-state index in [1.807, 2.05) is 38.2 Å². The zero-order chi connectivity index (χ0) is 18.5. The van der Waals surface area contributed by atoms with Crippen LogP contribution in [0.25, 0.3) is 10.9 Å². The van der Waals surface area contributed by atoms with Crippen LogP contribution in [0, 0.1) is 5.92 Å². The van der Waals surface area contributed by atoms with E-state index < -0.39 is 29.4 Å². The van der Waals surface area contributed by atoms with Gasteiger partial charge in [0, 0.05) is 34.5 Å². The second kappa shape index (κ2) is 4.57. The highest BCUT2D eigenvalue weighted by Crippen LogP contribution is 2.61. The van der Waals surface area contributed by atoms with Gasteiger partial charge in [0.2, 0.25) is 0 Å². The molecule has 3 N–H and O–H groups in total. The van der Waals surface area contributed by atoms with Crippen molar-refractivity contribution in [3.8, 4) is 0 Å². The quantitative estimate of drug-likeness (QED) is 0.687. The minimum atomic E-state index is -0.756. The first-order chi connectivity index (χ1) is 12.3. The number of aromatic nitrogens is 1. The highest BCUT2D eigenvalue weighted by molar-refractivity contribution is 6.21. The third kappa shape index (κ3) is 1.53. The maximum atomic E-state index is 13.0. The maximum absolute atomic E-state index is 13.0. The molecule has 4 atom stereocenters. The molecule has 0 unspecified atom stereocenters.